The second-order valence-electron chi connectivity index (χ2n) is 13.0. The van der Waals surface area contributed by atoms with Gasteiger partial charge in [-0.25, -0.2) is 9.97 Å². The lowest BCUT2D eigenvalue weighted by Crippen LogP contribution is -2.51. The summed E-state index contributed by atoms with van der Waals surface area (Å²) in [5.74, 6) is 1.79. The van der Waals surface area contributed by atoms with Crippen LogP contribution in [-0.4, -0.2) is 22.6 Å². The van der Waals surface area contributed by atoms with Crippen LogP contribution in [0.5, 0.6) is 0 Å². The van der Waals surface area contributed by atoms with Gasteiger partial charge >= 0.3 is 0 Å². The topological polar surface area (TPSA) is 30.7 Å². The van der Waals surface area contributed by atoms with E-state index in [1.165, 1.54) is 60.0 Å². The molecule has 1 aliphatic carbocycles. The first-order chi connectivity index (χ1) is 20.9. The third-order valence-electron chi connectivity index (χ3n) is 10.00. The second-order valence-corrected chi connectivity index (χ2v) is 17.3. The minimum absolute atomic E-state index is 0.0590. The monoisotopic (exact) mass is 569 g/mol. The molecule has 3 heterocycles. The van der Waals surface area contributed by atoms with Gasteiger partial charge in [-0.1, -0.05) is 130 Å². The summed E-state index contributed by atoms with van der Waals surface area (Å²) in [6.45, 7) is 9.63. The summed E-state index contributed by atoms with van der Waals surface area (Å²) in [6.07, 6.45) is 0. The molecule has 0 unspecified atom stereocenters. The predicted octanol–water partition coefficient (Wildman–Crippen LogP) is 8.35. The van der Waals surface area contributed by atoms with Gasteiger partial charge in [0.2, 0.25) is 0 Å². The molecule has 7 aromatic rings. The lowest BCUT2D eigenvalue weighted by atomic mass is 9.82. The van der Waals surface area contributed by atoms with Gasteiger partial charge in [0.05, 0.1) is 16.7 Å². The summed E-state index contributed by atoms with van der Waals surface area (Å²) in [6, 6.07) is 41.9. The Balaban J connectivity index is 1.46. The van der Waals surface area contributed by atoms with Crippen molar-refractivity contribution in [2.75, 3.05) is 0 Å². The normalized spacial score (nSPS) is 15.3. The van der Waals surface area contributed by atoms with E-state index in [1.54, 1.807) is 0 Å². The maximum Gasteiger partial charge on any atom is 0.162 e. The maximum atomic E-state index is 5.49. The largest absolute Gasteiger partial charge is 0.294 e. The van der Waals surface area contributed by atoms with Crippen LogP contribution in [0.1, 0.15) is 25.0 Å². The molecule has 0 saturated carbocycles. The van der Waals surface area contributed by atoms with E-state index in [9.17, 15) is 0 Å². The number of fused-ring (bicyclic) bond motifs is 10. The summed E-state index contributed by atoms with van der Waals surface area (Å²) in [7, 11) is -2.13. The molecule has 43 heavy (non-hydrogen) atoms. The van der Waals surface area contributed by atoms with Crippen molar-refractivity contribution >= 4 is 40.3 Å². The zero-order chi connectivity index (χ0) is 29.1. The van der Waals surface area contributed by atoms with Crippen molar-refractivity contribution in [1.82, 2.24) is 14.5 Å². The van der Waals surface area contributed by atoms with E-state index in [1.807, 2.05) is 0 Å². The average molecular weight is 570 g/mol. The lowest BCUT2D eigenvalue weighted by Gasteiger charge is -2.23. The van der Waals surface area contributed by atoms with E-state index in [0.29, 0.717) is 0 Å². The number of para-hydroxylation sites is 1. The van der Waals surface area contributed by atoms with Crippen molar-refractivity contribution in [3.05, 3.63) is 126 Å². The van der Waals surface area contributed by atoms with Gasteiger partial charge in [-0.05, 0) is 45.1 Å². The zero-order valence-corrected chi connectivity index (χ0v) is 25.8. The summed E-state index contributed by atoms with van der Waals surface area (Å²) in [4.78, 5) is 10.8. The molecule has 0 amide bonds. The first-order valence-electron chi connectivity index (χ1n) is 15.1. The van der Waals surface area contributed by atoms with Crippen LogP contribution in [0.2, 0.25) is 13.1 Å². The number of aromatic nitrogens is 3. The molecule has 1 aliphatic heterocycles. The van der Waals surface area contributed by atoms with E-state index in [-0.39, 0.29) is 5.41 Å². The summed E-state index contributed by atoms with van der Waals surface area (Å²) in [5, 5.41) is 5.33. The molecule has 0 fully saturated rings. The van der Waals surface area contributed by atoms with Crippen molar-refractivity contribution in [3.63, 3.8) is 0 Å². The van der Waals surface area contributed by atoms with Crippen LogP contribution in [0.15, 0.2) is 115 Å². The number of benzene rings is 5. The molecule has 3 nitrogen and oxygen atoms in total. The van der Waals surface area contributed by atoms with Gasteiger partial charge in [0.25, 0.3) is 0 Å². The molecule has 0 bridgehead atoms. The predicted molar refractivity (Wildman–Crippen MR) is 182 cm³/mol. The Labute approximate surface area is 252 Å². The fourth-order valence-corrected chi connectivity index (χ4v) is 11.1. The molecule has 0 spiro atoms. The van der Waals surface area contributed by atoms with Crippen LogP contribution >= 0.6 is 0 Å². The Kier molecular flexibility index (Phi) is 4.83. The van der Waals surface area contributed by atoms with Crippen LogP contribution in [0.3, 0.4) is 0 Å². The van der Waals surface area contributed by atoms with Gasteiger partial charge in [0.1, 0.15) is 13.9 Å². The quantitative estimate of drug-likeness (QED) is 0.196. The Morgan fingerprint density at radius 2 is 1.33 bits per heavy atom. The minimum atomic E-state index is -2.13. The first-order valence-corrected chi connectivity index (χ1v) is 18.1. The number of hydrogen-bond acceptors (Lipinski definition) is 2. The summed E-state index contributed by atoms with van der Waals surface area (Å²) >= 11 is 0. The van der Waals surface area contributed by atoms with Gasteiger partial charge in [-0.3, -0.25) is 4.57 Å². The lowest BCUT2D eigenvalue weighted by molar-refractivity contribution is 0.661. The van der Waals surface area contributed by atoms with E-state index in [0.717, 1.165) is 22.9 Å². The molecule has 206 valence electrons. The van der Waals surface area contributed by atoms with E-state index in [2.05, 4.69) is 147 Å². The van der Waals surface area contributed by atoms with Gasteiger partial charge in [0.15, 0.2) is 5.82 Å². The van der Waals surface area contributed by atoms with Crippen LogP contribution < -0.4 is 10.4 Å². The van der Waals surface area contributed by atoms with Crippen molar-refractivity contribution in [2.24, 2.45) is 0 Å². The summed E-state index contributed by atoms with van der Waals surface area (Å²) in [5.41, 5.74) is 11.2. The Morgan fingerprint density at radius 1 is 0.628 bits per heavy atom. The molecule has 2 aliphatic rings. The highest BCUT2D eigenvalue weighted by atomic mass is 28.3. The molecule has 4 heteroatoms. The van der Waals surface area contributed by atoms with E-state index >= 15 is 0 Å². The molecule has 0 N–H and O–H groups in total. The first kappa shape index (κ1) is 24.8. The molecule has 0 radical (unpaired) electrons. The molecular formula is C39H31N3Si. The van der Waals surface area contributed by atoms with Crippen LogP contribution in [-0.2, 0) is 5.41 Å². The highest BCUT2D eigenvalue weighted by Crippen LogP contribution is 2.53. The highest BCUT2D eigenvalue weighted by molar-refractivity contribution is 7.04. The van der Waals surface area contributed by atoms with Gasteiger partial charge in [-0.2, -0.15) is 0 Å². The third-order valence-corrected chi connectivity index (χ3v) is 13.5. The van der Waals surface area contributed by atoms with Crippen molar-refractivity contribution in [1.29, 1.82) is 0 Å². The molecule has 5 aromatic carbocycles. The zero-order valence-electron chi connectivity index (χ0n) is 24.8. The highest BCUT2D eigenvalue weighted by Gasteiger charge is 2.43. The third kappa shape index (κ3) is 3.14. The molecule has 9 rings (SSSR count). The summed E-state index contributed by atoms with van der Waals surface area (Å²) < 4.78 is 2.45. The molecule has 0 saturated heterocycles. The van der Waals surface area contributed by atoms with Crippen LogP contribution in [0.4, 0.5) is 0 Å². The Hall–Kier alpha value is -4.80. The van der Waals surface area contributed by atoms with Crippen molar-refractivity contribution in [2.45, 2.75) is 32.4 Å². The fourth-order valence-electron chi connectivity index (χ4n) is 7.95. The maximum absolute atomic E-state index is 5.49. The molecular weight excluding hydrogens is 539 g/mol. The van der Waals surface area contributed by atoms with Gasteiger partial charge in [-0.15, -0.1) is 0 Å². The SMILES string of the molecule is CC1(C)c2ccccc2-c2c1ccc1c2c2ccccc2n1-c1nc(-c2ccccc2)nc2c1[Si](C)(C)c1ccccc1-2. The average Bonchev–Trinajstić information content (AvgIpc) is 3.58. The standard InChI is InChI=1S/C39H31N3Si/c1-39(2)28-19-11-8-16-25(28)33-29(39)22-23-31-34(33)26-17-9-12-20-30(26)42(31)38-36-35(27-18-10-13-21-32(27)43(36,3)4)40-37(41-38)24-14-6-5-7-15-24/h5-23H,1-4H3. The second kappa shape index (κ2) is 8.39. The number of nitrogens with zero attached hydrogens (tertiary/aromatic N) is 3. The van der Waals surface area contributed by atoms with E-state index < -0.39 is 8.07 Å². The van der Waals surface area contributed by atoms with Crippen LogP contribution in [0, 0.1) is 0 Å². The molecule has 2 aromatic heterocycles. The van der Waals surface area contributed by atoms with Gasteiger partial charge < -0.3 is 0 Å². The number of rotatable bonds is 2. The van der Waals surface area contributed by atoms with Crippen LogP contribution in [0.25, 0.3) is 61.4 Å². The van der Waals surface area contributed by atoms with E-state index in [4.69, 9.17) is 9.97 Å². The fraction of sp³-hybridized carbons (Fsp3) is 0.128. The minimum Gasteiger partial charge on any atom is -0.294 e. The Bertz CT molecular complexity index is 2290. The van der Waals surface area contributed by atoms with Crippen molar-refractivity contribution in [3.8, 4) is 39.6 Å². The molecule has 0 atom stereocenters. The smallest absolute Gasteiger partial charge is 0.162 e. The Morgan fingerprint density at radius 3 is 2.16 bits per heavy atom. The van der Waals surface area contributed by atoms with Gasteiger partial charge in [0, 0.05) is 26.9 Å². The number of hydrogen-bond donors (Lipinski definition) is 0. The van der Waals surface area contributed by atoms with Crippen molar-refractivity contribution < 1.29 is 0 Å².